The molecule has 0 saturated heterocycles. The van der Waals surface area contributed by atoms with Crippen molar-refractivity contribution < 1.29 is 0 Å². The van der Waals surface area contributed by atoms with E-state index in [0.717, 1.165) is 6.42 Å². The molecule has 0 spiro atoms. The van der Waals surface area contributed by atoms with Gasteiger partial charge in [-0.1, -0.05) is 42.8 Å². The fraction of sp³-hybridized carbons (Fsp3) is 0.333. The van der Waals surface area contributed by atoms with Gasteiger partial charge in [0.1, 0.15) is 0 Å². The van der Waals surface area contributed by atoms with Crippen LogP contribution >= 0.6 is 0 Å². The van der Waals surface area contributed by atoms with Crippen molar-refractivity contribution in [1.82, 2.24) is 0 Å². The van der Waals surface area contributed by atoms with E-state index >= 15 is 0 Å². The van der Waals surface area contributed by atoms with Crippen LogP contribution < -0.4 is 0 Å². The average molecular weight is 160 g/mol. The Labute approximate surface area is 74.9 Å². The van der Waals surface area contributed by atoms with Gasteiger partial charge in [-0.05, 0) is 31.4 Å². The van der Waals surface area contributed by atoms with E-state index in [9.17, 15) is 0 Å². The van der Waals surface area contributed by atoms with Gasteiger partial charge in [0.05, 0.1) is 0 Å². The Kier molecular flexibility index (Phi) is 3.09. The van der Waals surface area contributed by atoms with Crippen LogP contribution in [0.25, 0.3) is 5.57 Å². The van der Waals surface area contributed by atoms with Crippen LogP contribution in [0.4, 0.5) is 0 Å². The second-order valence-electron chi connectivity index (χ2n) is 3.16. The lowest BCUT2D eigenvalue weighted by molar-refractivity contribution is 1.22. The highest BCUT2D eigenvalue weighted by Crippen LogP contribution is 2.15. The molecule has 12 heavy (non-hydrogen) atoms. The molecule has 0 saturated carbocycles. The monoisotopic (exact) mass is 160 g/mol. The van der Waals surface area contributed by atoms with Crippen molar-refractivity contribution in [3.05, 3.63) is 41.5 Å². The summed E-state index contributed by atoms with van der Waals surface area (Å²) in [4.78, 5) is 0. The minimum atomic E-state index is 1.11. The molecule has 0 amide bonds. The highest BCUT2D eigenvalue weighted by Gasteiger charge is 1.93. The van der Waals surface area contributed by atoms with E-state index in [1.807, 2.05) is 0 Å². The van der Waals surface area contributed by atoms with Crippen LogP contribution in [-0.2, 0) is 0 Å². The summed E-state index contributed by atoms with van der Waals surface area (Å²) < 4.78 is 0. The molecular formula is C12H16. The summed E-state index contributed by atoms with van der Waals surface area (Å²) in [7, 11) is 0. The van der Waals surface area contributed by atoms with E-state index in [0.29, 0.717) is 0 Å². The van der Waals surface area contributed by atoms with E-state index < -0.39 is 0 Å². The maximum atomic E-state index is 2.26. The first kappa shape index (κ1) is 9.05. The van der Waals surface area contributed by atoms with E-state index in [2.05, 4.69) is 51.1 Å². The van der Waals surface area contributed by atoms with Gasteiger partial charge in [0.25, 0.3) is 0 Å². The van der Waals surface area contributed by atoms with Gasteiger partial charge in [0.2, 0.25) is 0 Å². The Balaban J connectivity index is 2.95. The molecule has 0 radical (unpaired) electrons. The second kappa shape index (κ2) is 4.10. The van der Waals surface area contributed by atoms with E-state index in [1.54, 1.807) is 0 Å². The van der Waals surface area contributed by atoms with Crippen LogP contribution in [-0.4, -0.2) is 0 Å². The third-order valence-corrected chi connectivity index (χ3v) is 1.98. The fourth-order valence-electron chi connectivity index (χ4n) is 1.31. The smallest absolute Gasteiger partial charge is 0.0228 e. The quantitative estimate of drug-likeness (QED) is 0.617. The number of hydrogen-bond acceptors (Lipinski definition) is 0. The van der Waals surface area contributed by atoms with Gasteiger partial charge in [-0.2, -0.15) is 0 Å². The first-order valence-corrected chi connectivity index (χ1v) is 4.48. The summed E-state index contributed by atoms with van der Waals surface area (Å²) in [6.07, 6.45) is 3.37. The van der Waals surface area contributed by atoms with Crippen LogP contribution in [0.3, 0.4) is 0 Å². The normalized spacial score (nSPS) is 11.8. The Morgan fingerprint density at radius 1 is 1.42 bits per heavy atom. The summed E-state index contributed by atoms with van der Waals surface area (Å²) in [6.45, 7) is 6.46. The van der Waals surface area contributed by atoms with Gasteiger partial charge in [-0.25, -0.2) is 0 Å². The summed E-state index contributed by atoms with van der Waals surface area (Å²) in [5, 5.41) is 0. The lowest BCUT2D eigenvalue weighted by Crippen LogP contribution is -1.80. The molecule has 0 aliphatic rings. The minimum Gasteiger partial charge on any atom is -0.0813 e. The molecule has 0 atom stereocenters. The predicted octanol–water partition coefficient (Wildman–Crippen LogP) is 3.81. The Morgan fingerprint density at radius 2 is 2.17 bits per heavy atom. The summed E-state index contributed by atoms with van der Waals surface area (Å²) >= 11 is 0. The van der Waals surface area contributed by atoms with Crippen molar-refractivity contribution in [3.8, 4) is 0 Å². The lowest BCUT2D eigenvalue weighted by atomic mass is 10.0. The topological polar surface area (TPSA) is 0 Å². The molecular weight excluding hydrogens is 144 g/mol. The number of allylic oxidation sites excluding steroid dienone is 2. The number of benzene rings is 1. The average Bonchev–Trinajstić information content (AvgIpc) is 2.05. The molecule has 1 rings (SSSR count). The number of aryl methyl sites for hydroxylation is 1. The molecule has 0 nitrogen and oxygen atoms in total. The van der Waals surface area contributed by atoms with Crippen molar-refractivity contribution in [1.29, 1.82) is 0 Å². The van der Waals surface area contributed by atoms with Gasteiger partial charge in [-0.3, -0.25) is 0 Å². The first-order chi connectivity index (χ1) is 5.74. The number of rotatable bonds is 2. The van der Waals surface area contributed by atoms with Crippen LogP contribution in [0.5, 0.6) is 0 Å². The first-order valence-electron chi connectivity index (χ1n) is 4.48. The second-order valence-corrected chi connectivity index (χ2v) is 3.16. The van der Waals surface area contributed by atoms with Crippen molar-refractivity contribution in [2.24, 2.45) is 0 Å². The van der Waals surface area contributed by atoms with Gasteiger partial charge in [-0.15, -0.1) is 0 Å². The van der Waals surface area contributed by atoms with Crippen LogP contribution in [0.1, 0.15) is 31.4 Å². The molecule has 64 valence electrons. The maximum Gasteiger partial charge on any atom is -0.0228 e. The molecule has 0 aliphatic heterocycles. The van der Waals surface area contributed by atoms with Crippen LogP contribution in [0.2, 0.25) is 0 Å². The van der Waals surface area contributed by atoms with Gasteiger partial charge in [0, 0.05) is 0 Å². The zero-order valence-corrected chi connectivity index (χ0v) is 8.09. The van der Waals surface area contributed by atoms with Crippen molar-refractivity contribution in [3.63, 3.8) is 0 Å². The van der Waals surface area contributed by atoms with E-state index in [-0.39, 0.29) is 0 Å². The largest absolute Gasteiger partial charge is 0.0813 e. The highest BCUT2D eigenvalue weighted by atomic mass is 14.0. The molecule has 0 bridgehead atoms. The zero-order chi connectivity index (χ0) is 8.97. The zero-order valence-electron chi connectivity index (χ0n) is 8.09. The molecule has 0 aliphatic carbocycles. The van der Waals surface area contributed by atoms with Crippen LogP contribution in [0.15, 0.2) is 30.3 Å². The van der Waals surface area contributed by atoms with Gasteiger partial charge < -0.3 is 0 Å². The van der Waals surface area contributed by atoms with Crippen LogP contribution in [0, 0.1) is 6.92 Å². The van der Waals surface area contributed by atoms with Crippen molar-refractivity contribution in [2.45, 2.75) is 27.2 Å². The number of hydrogen-bond donors (Lipinski definition) is 0. The van der Waals surface area contributed by atoms with Gasteiger partial charge in [0.15, 0.2) is 0 Å². The summed E-state index contributed by atoms with van der Waals surface area (Å²) in [5.41, 5.74) is 4.05. The molecule has 0 unspecified atom stereocenters. The fourth-order valence-corrected chi connectivity index (χ4v) is 1.31. The molecule has 0 fully saturated rings. The summed E-state index contributed by atoms with van der Waals surface area (Å²) in [5.74, 6) is 0. The molecule has 1 aromatic carbocycles. The van der Waals surface area contributed by atoms with E-state index in [4.69, 9.17) is 0 Å². The third-order valence-electron chi connectivity index (χ3n) is 1.98. The maximum absolute atomic E-state index is 2.26. The Morgan fingerprint density at radius 3 is 2.75 bits per heavy atom. The minimum absolute atomic E-state index is 1.11. The Bertz CT molecular complexity index is 282. The Hall–Kier alpha value is -1.04. The molecule has 0 heteroatoms. The van der Waals surface area contributed by atoms with Gasteiger partial charge >= 0.3 is 0 Å². The molecule has 0 N–H and O–H groups in total. The molecule has 1 aromatic rings. The standard InChI is InChI=1S/C12H16/c1-4-6-11(3)12-8-5-7-10(2)9-12/h5-9H,4H2,1-3H3/b11-6+. The lowest BCUT2D eigenvalue weighted by Gasteiger charge is -2.01. The van der Waals surface area contributed by atoms with Crippen molar-refractivity contribution in [2.75, 3.05) is 0 Å². The van der Waals surface area contributed by atoms with Crippen molar-refractivity contribution >= 4 is 5.57 Å². The molecule has 0 aromatic heterocycles. The molecule has 0 heterocycles. The predicted molar refractivity (Wildman–Crippen MR) is 55.1 cm³/mol. The van der Waals surface area contributed by atoms with E-state index in [1.165, 1.54) is 16.7 Å². The highest BCUT2D eigenvalue weighted by molar-refractivity contribution is 5.63. The third kappa shape index (κ3) is 2.23. The SMILES string of the molecule is CC/C=C(\C)c1cccc(C)c1. The summed E-state index contributed by atoms with van der Waals surface area (Å²) in [6, 6.07) is 8.62.